The van der Waals surface area contributed by atoms with Crippen molar-refractivity contribution in [1.82, 2.24) is 4.90 Å². The highest BCUT2D eigenvalue weighted by molar-refractivity contribution is 5.85. The molecule has 1 spiro atoms. The van der Waals surface area contributed by atoms with Gasteiger partial charge in [-0.3, -0.25) is 4.90 Å². The molecule has 0 unspecified atom stereocenters. The molecule has 2 aromatic rings. The zero-order chi connectivity index (χ0) is 24.5. The predicted molar refractivity (Wildman–Crippen MR) is 128 cm³/mol. The van der Waals surface area contributed by atoms with E-state index in [2.05, 4.69) is 11.0 Å². The lowest BCUT2D eigenvalue weighted by Crippen LogP contribution is -2.53. The molecule has 3 atom stereocenters. The van der Waals surface area contributed by atoms with Crippen molar-refractivity contribution in [2.45, 2.75) is 63.3 Å². The van der Waals surface area contributed by atoms with Crippen molar-refractivity contribution in [3.63, 3.8) is 0 Å². The summed E-state index contributed by atoms with van der Waals surface area (Å²) in [6.45, 7) is 5.98. The molecule has 2 aromatic carbocycles. The first kappa shape index (κ1) is 22.2. The van der Waals surface area contributed by atoms with Gasteiger partial charge in [0.1, 0.15) is 24.6 Å². The molecule has 4 heterocycles. The molecule has 188 valence electrons. The third-order valence-corrected chi connectivity index (χ3v) is 7.97. The molecule has 0 aromatic heterocycles. The Balaban J connectivity index is 1.34. The minimum absolute atomic E-state index is 0.131. The number of ether oxygens (including phenoxy) is 6. The van der Waals surface area contributed by atoms with Crippen molar-refractivity contribution in [2.24, 2.45) is 0 Å². The summed E-state index contributed by atoms with van der Waals surface area (Å²) in [4.78, 5) is 15.5. The first-order valence-corrected chi connectivity index (χ1v) is 12.6. The van der Waals surface area contributed by atoms with Crippen LogP contribution < -0.4 is 9.47 Å². The lowest BCUT2D eigenvalue weighted by Gasteiger charge is -2.40. The van der Waals surface area contributed by atoms with Crippen LogP contribution in [0.25, 0.3) is 5.57 Å². The van der Waals surface area contributed by atoms with E-state index >= 15 is 0 Å². The highest BCUT2D eigenvalue weighted by Gasteiger charge is 2.67. The minimum Gasteiger partial charge on any atom is -0.454 e. The van der Waals surface area contributed by atoms with E-state index in [4.69, 9.17) is 28.4 Å². The van der Waals surface area contributed by atoms with Crippen LogP contribution in [0.15, 0.2) is 48.2 Å². The maximum absolute atomic E-state index is 13.0. The summed E-state index contributed by atoms with van der Waals surface area (Å²) < 4.78 is 35.9. The molecule has 0 saturated carbocycles. The highest BCUT2D eigenvalue weighted by atomic mass is 16.8. The van der Waals surface area contributed by atoms with E-state index in [0.717, 1.165) is 60.4 Å². The molecule has 0 bridgehead atoms. The second-order valence-corrected chi connectivity index (χ2v) is 10.5. The summed E-state index contributed by atoms with van der Waals surface area (Å²) in [5.74, 6) is 1.14. The van der Waals surface area contributed by atoms with Crippen molar-refractivity contribution in [1.29, 1.82) is 0 Å². The Morgan fingerprint density at radius 3 is 2.72 bits per heavy atom. The third-order valence-electron chi connectivity index (χ3n) is 7.97. The number of benzene rings is 2. The first-order valence-electron chi connectivity index (χ1n) is 12.6. The van der Waals surface area contributed by atoms with Gasteiger partial charge in [-0.25, -0.2) is 4.79 Å². The molecule has 7 rings (SSSR count). The second kappa shape index (κ2) is 7.96. The molecule has 0 N–H and O–H groups in total. The summed E-state index contributed by atoms with van der Waals surface area (Å²) in [7, 11) is 0. The molecule has 8 nitrogen and oxygen atoms in total. The van der Waals surface area contributed by atoms with E-state index in [1.165, 1.54) is 0 Å². The van der Waals surface area contributed by atoms with Gasteiger partial charge in [-0.1, -0.05) is 30.3 Å². The van der Waals surface area contributed by atoms with Gasteiger partial charge in [0.2, 0.25) is 6.79 Å². The molecule has 2 saturated heterocycles. The average molecular weight is 492 g/mol. The number of hydrogen-bond donors (Lipinski definition) is 0. The number of hydrogen-bond acceptors (Lipinski definition) is 8. The highest BCUT2D eigenvalue weighted by Crippen LogP contribution is 2.59. The Morgan fingerprint density at radius 1 is 1.08 bits per heavy atom. The standard InChI is InChI=1S/C28H29NO7/c1-27(2)35-24-23(34-26(30)31-15-17-7-4-3-5-8-17)22-19-14-21-20(32-16-33-21)13-18(19)9-12-29-11-6-10-28(22,29)25(24)36-27/h3-5,7-8,13-14,24-25H,6,9-12,15-16H2,1-2H3/t24-,25-,28+/m0/s1. The quantitative estimate of drug-likeness (QED) is 0.585. The van der Waals surface area contributed by atoms with Crippen LogP contribution in [-0.4, -0.2) is 54.5 Å². The molecular weight excluding hydrogens is 462 g/mol. The van der Waals surface area contributed by atoms with Gasteiger partial charge in [0.25, 0.3) is 0 Å². The van der Waals surface area contributed by atoms with Gasteiger partial charge in [0.15, 0.2) is 17.3 Å². The van der Waals surface area contributed by atoms with E-state index in [1.54, 1.807) is 0 Å². The SMILES string of the molecule is CC1(C)O[C@H]2C(OC(=O)OCc3ccccc3)=C3c4cc5c(cc4CCN4CCC[C@]34[C@H]2O1)OCO5. The van der Waals surface area contributed by atoms with Gasteiger partial charge in [0.05, 0.1) is 5.54 Å². The summed E-state index contributed by atoms with van der Waals surface area (Å²) >= 11 is 0. The molecular formula is C28H29NO7. The Hall–Kier alpha value is -3.07. The Morgan fingerprint density at radius 2 is 1.89 bits per heavy atom. The van der Waals surface area contributed by atoms with Crippen LogP contribution in [0.5, 0.6) is 11.5 Å². The van der Waals surface area contributed by atoms with Crippen molar-refractivity contribution in [3.8, 4) is 11.5 Å². The number of nitrogens with zero attached hydrogens (tertiary/aromatic N) is 1. The fourth-order valence-electron chi connectivity index (χ4n) is 6.60. The second-order valence-electron chi connectivity index (χ2n) is 10.5. The molecule has 0 radical (unpaired) electrons. The lowest BCUT2D eigenvalue weighted by molar-refractivity contribution is -0.156. The first-order chi connectivity index (χ1) is 17.4. The summed E-state index contributed by atoms with van der Waals surface area (Å²) in [5, 5.41) is 0. The molecule has 36 heavy (non-hydrogen) atoms. The fourth-order valence-corrected chi connectivity index (χ4v) is 6.60. The van der Waals surface area contributed by atoms with Gasteiger partial charge in [-0.15, -0.1) is 0 Å². The van der Waals surface area contributed by atoms with Crippen LogP contribution in [-0.2, 0) is 32.0 Å². The zero-order valence-electron chi connectivity index (χ0n) is 20.5. The molecule has 2 fully saturated rings. The van der Waals surface area contributed by atoms with E-state index in [-0.39, 0.29) is 19.5 Å². The van der Waals surface area contributed by atoms with E-state index in [0.29, 0.717) is 11.5 Å². The van der Waals surface area contributed by atoms with Gasteiger partial charge < -0.3 is 28.4 Å². The van der Waals surface area contributed by atoms with Crippen LogP contribution in [0.4, 0.5) is 4.79 Å². The van der Waals surface area contributed by atoms with Crippen LogP contribution in [0.1, 0.15) is 43.4 Å². The van der Waals surface area contributed by atoms with E-state index in [1.807, 2.05) is 50.2 Å². The Bertz CT molecular complexity index is 1260. The zero-order valence-corrected chi connectivity index (χ0v) is 20.5. The molecule has 5 aliphatic rings. The number of fused-ring (bicyclic) bond motifs is 4. The van der Waals surface area contributed by atoms with Gasteiger partial charge in [-0.2, -0.15) is 0 Å². The average Bonchev–Trinajstić information content (AvgIpc) is 3.60. The summed E-state index contributed by atoms with van der Waals surface area (Å²) in [6, 6.07) is 13.7. The van der Waals surface area contributed by atoms with Gasteiger partial charge >= 0.3 is 6.16 Å². The van der Waals surface area contributed by atoms with Crippen LogP contribution in [0.2, 0.25) is 0 Å². The van der Waals surface area contributed by atoms with Crippen molar-refractivity contribution < 1.29 is 33.2 Å². The van der Waals surface area contributed by atoms with Gasteiger partial charge in [-0.05, 0) is 68.5 Å². The maximum Gasteiger partial charge on any atom is 0.513 e. The minimum atomic E-state index is -0.795. The number of carbonyl (C=O) groups excluding carboxylic acids is 1. The van der Waals surface area contributed by atoms with Crippen LogP contribution in [0, 0.1) is 0 Å². The Labute approximate surface area is 209 Å². The molecule has 8 heteroatoms. The van der Waals surface area contributed by atoms with Crippen molar-refractivity contribution >= 4 is 11.7 Å². The number of carbonyl (C=O) groups is 1. The fraction of sp³-hybridized carbons (Fsp3) is 0.464. The largest absolute Gasteiger partial charge is 0.513 e. The topological polar surface area (TPSA) is 75.7 Å². The van der Waals surface area contributed by atoms with Crippen molar-refractivity contribution in [2.75, 3.05) is 19.9 Å². The Kier molecular flexibility index (Phi) is 4.90. The molecule has 4 aliphatic heterocycles. The van der Waals surface area contributed by atoms with Crippen LogP contribution >= 0.6 is 0 Å². The van der Waals surface area contributed by atoms with Crippen molar-refractivity contribution in [3.05, 3.63) is 64.9 Å². The molecule has 0 amide bonds. The van der Waals surface area contributed by atoms with E-state index in [9.17, 15) is 4.79 Å². The normalized spacial score (nSPS) is 29.3. The van der Waals surface area contributed by atoms with Gasteiger partial charge in [0, 0.05) is 12.1 Å². The molecule has 1 aliphatic carbocycles. The van der Waals surface area contributed by atoms with E-state index < -0.39 is 23.6 Å². The smallest absolute Gasteiger partial charge is 0.454 e. The summed E-state index contributed by atoms with van der Waals surface area (Å²) in [5.41, 5.74) is 3.54. The monoisotopic (exact) mass is 491 g/mol. The number of rotatable bonds is 3. The summed E-state index contributed by atoms with van der Waals surface area (Å²) in [6.07, 6.45) is 1.21. The maximum atomic E-state index is 13.0. The predicted octanol–water partition coefficient (Wildman–Crippen LogP) is 4.40. The van der Waals surface area contributed by atoms with Crippen LogP contribution in [0.3, 0.4) is 0 Å². The lowest BCUT2D eigenvalue weighted by atomic mass is 9.81. The third kappa shape index (κ3) is 3.28.